The molecule has 1 heterocycles. The Kier molecular flexibility index (Phi) is 1.45. The predicted octanol–water partition coefficient (Wildman–Crippen LogP) is -2.79. The Hall–Kier alpha value is -0.200. The third-order valence-electron chi connectivity index (χ3n) is 2.28. The van der Waals surface area contributed by atoms with Gasteiger partial charge in [-0.25, -0.2) is 0 Å². The number of aliphatic hydroxyl groups excluding tert-OH is 4. The molecule has 4 N–H and O–H groups in total. The van der Waals surface area contributed by atoms with E-state index in [0.29, 0.717) is 0 Å². The minimum Gasteiger partial charge on any atom is -0.387 e. The molecule has 2 fully saturated rings. The van der Waals surface area contributed by atoms with Gasteiger partial charge in [0.2, 0.25) is 0 Å². The Labute approximate surface area is 62.8 Å². The number of aliphatic hydroxyl groups is 4. The monoisotopic (exact) mass is 162 g/mol. The van der Waals surface area contributed by atoms with Crippen LogP contribution < -0.4 is 0 Å². The van der Waals surface area contributed by atoms with E-state index in [1.165, 1.54) is 0 Å². The van der Waals surface area contributed by atoms with Gasteiger partial charge in [-0.3, -0.25) is 0 Å². The maximum absolute atomic E-state index is 9.13. The third-order valence-corrected chi connectivity index (χ3v) is 2.28. The normalized spacial score (nSPS) is 62.2. The van der Waals surface area contributed by atoms with E-state index in [9.17, 15) is 0 Å². The summed E-state index contributed by atoms with van der Waals surface area (Å²) in [6, 6.07) is 0. The van der Waals surface area contributed by atoms with Gasteiger partial charge in [-0.1, -0.05) is 0 Å². The molecular formula is C6H10O5. The fourth-order valence-corrected chi connectivity index (χ4v) is 1.48. The molecule has 0 amide bonds. The van der Waals surface area contributed by atoms with Gasteiger partial charge in [-0.05, 0) is 0 Å². The molecule has 2 aliphatic rings. The van der Waals surface area contributed by atoms with Gasteiger partial charge in [0.25, 0.3) is 0 Å². The molecule has 0 aromatic rings. The second-order valence-corrected chi connectivity index (χ2v) is 3.03. The van der Waals surface area contributed by atoms with Gasteiger partial charge < -0.3 is 25.2 Å². The van der Waals surface area contributed by atoms with E-state index in [2.05, 4.69) is 0 Å². The summed E-state index contributed by atoms with van der Waals surface area (Å²) in [4.78, 5) is 0. The van der Waals surface area contributed by atoms with Crippen LogP contribution in [0.5, 0.6) is 0 Å². The highest BCUT2D eigenvalue weighted by Crippen LogP contribution is 2.37. The quantitative estimate of drug-likeness (QED) is 0.289. The van der Waals surface area contributed by atoms with Crippen molar-refractivity contribution in [3.05, 3.63) is 0 Å². The van der Waals surface area contributed by atoms with E-state index in [-0.39, 0.29) is 0 Å². The molecule has 0 bridgehead atoms. The maximum atomic E-state index is 9.13. The van der Waals surface area contributed by atoms with Gasteiger partial charge in [0.05, 0.1) is 0 Å². The summed E-state index contributed by atoms with van der Waals surface area (Å²) < 4.78 is 4.82. The van der Waals surface area contributed by atoms with Gasteiger partial charge in [-0.15, -0.1) is 0 Å². The molecule has 64 valence electrons. The van der Waals surface area contributed by atoms with Crippen molar-refractivity contribution < 1.29 is 25.2 Å². The summed E-state index contributed by atoms with van der Waals surface area (Å²) >= 11 is 0. The Morgan fingerprint density at radius 2 is 1.00 bits per heavy atom. The molecule has 0 unspecified atom stereocenters. The summed E-state index contributed by atoms with van der Waals surface area (Å²) in [5, 5.41) is 36.4. The molecule has 1 saturated carbocycles. The smallest absolute Gasteiger partial charge is 0.115 e. The molecule has 1 saturated heterocycles. The minimum absolute atomic E-state index is 0.497. The number of hydrogen-bond donors (Lipinski definition) is 4. The summed E-state index contributed by atoms with van der Waals surface area (Å²) in [6.45, 7) is 0. The van der Waals surface area contributed by atoms with Gasteiger partial charge >= 0.3 is 0 Å². The second kappa shape index (κ2) is 2.15. The highest BCUT2D eigenvalue weighted by molar-refractivity contribution is 5.07. The third kappa shape index (κ3) is 0.896. The largest absolute Gasteiger partial charge is 0.387 e. The zero-order valence-corrected chi connectivity index (χ0v) is 5.66. The van der Waals surface area contributed by atoms with Gasteiger partial charge in [0, 0.05) is 0 Å². The molecule has 0 spiro atoms. The minimum atomic E-state index is -1.30. The van der Waals surface area contributed by atoms with Crippen LogP contribution in [0.15, 0.2) is 0 Å². The highest BCUT2D eigenvalue weighted by atomic mass is 16.6. The van der Waals surface area contributed by atoms with Crippen LogP contribution in [0.4, 0.5) is 0 Å². The summed E-state index contributed by atoms with van der Waals surface area (Å²) in [5.41, 5.74) is 0. The van der Waals surface area contributed by atoms with E-state index < -0.39 is 36.6 Å². The Morgan fingerprint density at radius 3 is 1.36 bits per heavy atom. The fraction of sp³-hybridized carbons (Fsp3) is 1.00. The summed E-state index contributed by atoms with van der Waals surface area (Å²) in [7, 11) is 0. The molecule has 0 radical (unpaired) electrons. The second-order valence-electron chi connectivity index (χ2n) is 3.03. The SMILES string of the molecule is O[C@@H]1[C@@H](O)[C@H](O)[C@@H]2O[C@@H]2[C@H]1O. The van der Waals surface area contributed by atoms with Crippen molar-refractivity contribution in [3.63, 3.8) is 0 Å². The van der Waals surface area contributed by atoms with E-state index in [4.69, 9.17) is 25.2 Å². The first-order valence-electron chi connectivity index (χ1n) is 3.50. The average Bonchev–Trinajstić information content (AvgIpc) is 2.76. The first-order valence-corrected chi connectivity index (χ1v) is 3.50. The number of fused-ring (bicyclic) bond motifs is 1. The molecule has 5 nitrogen and oxygen atoms in total. The van der Waals surface area contributed by atoms with Crippen LogP contribution in [0, 0.1) is 0 Å². The lowest BCUT2D eigenvalue weighted by atomic mass is 9.90. The van der Waals surface area contributed by atoms with E-state index in [0.717, 1.165) is 0 Å². The first-order chi connectivity index (χ1) is 5.13. The number of hydrogen-bond acceptors (Lipinski definition) is 5. The lowest BCUT2D eigenvalue weighted by molar-refractivity contribution is -0.121. The van der Waals surface area contributed by atoms with Gasteiger partial charge in [0.1, 0.15) is 36.6 Å². The first kappa shape index (κ1) is 7.45. The van der Waals surface area contributed by atoms with Crippen molar-refractivity contribution in [2.45, 2.75) is 36.6 Å². The van der Waals surface area contributed by atoms with Crippen LogP contribution in [0.25, 0.3) is 0 Å². The molecule has 5 heteroatoms. The number of epoxide rings is 1. The van der Waals surface area contributed by atoms with Crippen molar-refractivity contribution >= 4 is 0 Å². The Morgan fingerprint density at radius 1 is 0.636 bits per heavy atom. The van der Waals surface area contributed by atoms with Crippen molar-refractivity contribution in [2.75, 3.05) is 0 Å². The van der Waals surface area contributed by atoms with Crippen LogP contribution in [-0.2, 0) is 4.74 Å². The van der Waals surface area contributed by atoms with E-state index in [1.54, 1.807) is 0 Å². The van der Waals surface area contributed by atoms with Crippen LogP contribution in [0.1, 0.15) is 0 Å². The molecule has 0 aromatic heterocycles. The molecular weight excluding hydrogens is 152 g/mol. The molecule has 6 atom stereocenters. The molecule has 11 heavy (non-hydrogen) atoms. The van der Waals surface area contributed by atoms with Crippen molar-refractivity contribution in [3.8, 4) is 0 Å². The average molecular weight is 162 g/mol. The molecule has 1 aliphatic carbocycles. The van der Waals surface area contributed by atoms with Crippen molar-refractivity contribution in [2.24, 2.45) is 0 Å². The lowest BCUT2D eigenvalue weighted by Crippen LogP contribution is -2.53. The number of rotatable bonds is 0. The zero-order chi connectivity index (χ0) is 8.17. The fourth-order valence-electron chi connectivity index (χ4n) is 1.48. The van der Waals surface area contributed by atoms with Crippen LogP contribution in [0.3, 0.4) is 0 Å². The Bertz CT molecular complexity index is 154. The van der Waals surface area contributed by atoms with E-state index in [1.807, 2.05) is 0 Å². The lowest BCUT2D eigenvalue weighted by Gasteiger charge is -2.28. The topological polar surface area (TPSA) is 93.5 Å². The summed E-state index contributed by atoms with van der Waals surface area (Å²) in [5.74, 6) is 0. The predicted molar refractivity (Wildman–Crippen MR) is 32.7 cm³/mol. The Balaban J connectivity index is 2.13. The maximum Gasteiger partial charge on any atom is 0.115 e. The van der Waals surface area contributed by atoms with Crippen LogP contribution >= 0.6 is 0 Å². The van der Waals surface area contributed by atoms with Crippen molar-refractivity contribution in [1.29, 1.82) is 0 Å². The highest BCUT2D eigenvalue weighted by Gasteiger charge is 2.59. The zero-order valence-electron chi connectivity index (χ0n) is 5.66. The van der Waals surface area contributed by atoms with Crippen LogP contribution in [0.2, 0.25) is 0 Å². The van der Waals surface area contributed by atoms with Crippen molar-refractivity contribution in [1.82, 2.24) is 0 Å². The molecule has 0 aromatic carbocycles. The standard InChI is InChI=1S/C6H10O5/c7-1-2(8)4(10)6-5(11-6)3(1)9/h1-10H/t1-,2-,3+,4+,5-,6+/m1/s1. The van der Waals surface area contributed by atoms with Gasteiger partial charge in [0.15, 0.2) is 0 Å². The van der Waals surface area contributed by atoms with E-state index >= 15 is 0 Å². The molecule has 2 rings (SSSR count). The van der Waals surface area contributed by atoms with Gasteiger partial charge in [-0.2, -0.15) is 0 Å². The number of ether oxygens (including phenoxy) is 1. The summed E-state index contributed by atoms with van der Waals surface area (Å²) in [6.07, 6.45) is -5.73. The molecule has 1 aliphatic heterocycles. The van der Waals surface area contributed by atoms with Crippen LogP contribution in [-0.4, -0.2) is 57.0 Å².